The number of aryl methyl sites for hydroxylation is 1. The third kappa shape index (κ3) is 3.34. The highest BCUT2D eigenvalue weighted by atomic mass is 79.9. The quantitative estimate of drug-likeness (QED) is 0.919. The molecule has 0 atom stereocenters. The molecule has 1 saturated heterocycles. The summed E-state index contributed by atoms with van der Waals surface area (Å²) in [4.78, 5) is 2.42. The number of nitrogens with one attached hydrogen (secondary N) is 1. The molecule has 0 aromatic heterocycles. The summed E-state index contributed by atoms with van der Waals surface area (Å²) in [7, 11) is 4.33. The minimum Gasteiger partial charge on any atom is -0.314 e. The standard InChI is InChI=1S/C15H23BrN2/c1-17-15(9-11-18(2)12-10-15)8-7-13-5-3-4-6-14(13)16/h3-6,17H,7-12H2,1-2H3. The highest BCUT2D eigenvalue weighted by Gasteiger charge is 2.31. The van der Waals surface area contributed by atoms with Crippen molar-refractivity contribution in [1.29, 1.82) is 0 Å². The average molecular weight is 311 g/mol. The summed E-state index contributed by atoms with van der Waals surface area (Å²) in [5.74, 6) is 0. The van der Waals surface area contributed by atoms with Crippen molar-refractivity contribution in [3.05, 3.63) is 34.3 Å². The Morgan fingerprint density at radius 3 is 2.56 bits per heavy atom. The van der Waals surface area contributed by atoms with Gasteiger partial charge in [0.2, 0.25) is 0 Å². The second-order valence-electron chi connectivity index (χ2n) is 5.43. The maximum Gasteiger partial charge on any atom is 0.0207 e. The molecule has 1 fully saturated rings. The Labute approximate surface area is 119 Å². The number of hydrogen-bond donors (Lipinski definition) is 1. The van der Waals surface area contributed by atoms with E-state index in [4.69, 9.17) is 0 Å². The highest BCUT2D eigenvalue weighted by Crippen LogP contribution is 2.28. The lowest BCUT2D eigenvalue weighted by atomic mass is 9.82. The topological polar surface area (TPSA) is 15.3 Å². The molecule has 1 heterocycles. The smallest absolute Gasteiger partial charge is 0.0207 e. The van der Waals surface area contributed by atoms with Crippen molar-refractivity contribution < 1.29 is 0 Å². The fourth-order valence-electron chi connectivity index (χ4n) is 2.75. The SMILES string of the molecule is CNC1(CCc2ccccc2Br)CCN(C)CC1. The molecular weight excluding hydrogens is 288 g/mol. The normalized spacial score (nSPS) is 19.9. The van der Waals surface area contributed by atoms with Crippen molar-refractivity contribution >= 4 is 15.9 Å². The lowest BCUT2D eigenvalue weighted by Gasteiger charge is -2.41. The second kappa shape index (κ2) is 6.18. The minimum absolute atomic E-state index is 0.335. The Hall–Kier alpha value is -0.380. The van der Waals surface area contributed by atoms with Crippen LogP contribution in [0.25, 0.3) is 0 Å². The minimum atomic E-state index is 0.335. The maximum atomic E-state index is 3.64. The van der Waals surface area contributed by atoms with Gasteiger partial charge in [0.05, 0.1) is 0 Å². The molecule has 2 rings (SSSR count). The number of likely N-dealkylation sites (tertiary alicyclic amines) is 1. The number of rotatable bonds is 4. The van der Waals surface area contributed by atoms with Crippen LogP contribution < -0.4 is 5.32 Å². The molecule has 1 aliphatic heterocycles. The van der Waals surface area contributed by atoms with Gasteiger partial charge in [-0.3, -0.25) is 0 Å². The van der Waals surface area contributed by atoms with Gasteiger partial charge >= 0.3 is 0 Å². The van der Waals surface area contributed by atoms with Crippen molar-refractivity contribution in [2.75, 3.05) is 27.2 Å². The fraction of sp³-hybridized carbons (Fsp3) is 0.600. The van der Waals surface area contributed by atoms with E-state index < -0.39 is 0 Å². The number of benzene rings is 1. The van der Waals surface area contributed by atoms with Crippen LogP contribution in [0.3, 0.4) is 0 Å². The van der Waals surface area contributed by atoms with Gasteiger partial charge in [0.25, 0.3) is 0 Å². The first-order chi connectivity index (χ1) is 8.65. The number of hydrogen-bond acceptors (Lipinski definition) is 2. The molecule has 0 bridgehead atoms. The van der Waals surface area contributed by atoms with E-state index in [0.29, 0.717) is 5.54 Å². The van der Waals surface area contributed by atoms with Crippen molar-refractivity contribution in [1.82, 2.24) is 10.2 Å². The third-order valence-corrected chi connectivity index (χ3v) is 5.08. The lowest BCUT2D eigenvalue weighted by Crippen LogP contribution is -2.51. The Balaban J connectivity index is 1.97. The van der Waals surface area contributed by atoms with Crippen LogP contribution in [0.1, 0.15) is 24.8 Å². The Kier molecular flexibility index (Phi) is 4.82. The van der Waals surface area contributed by atoms with Gasteiger partial charge in [-0.1, -0.05) is 34.1 Å². The van der Waals surface area contributed by atoms with Crippen LogP contribution in [0.4, 0.5) is 0 Å². The molecule has 1 N–H and O–H groups in total. The summed E-state index contributed by atoms with van der Waals surface area (Å²) in [6.07, 6.45) is 4.88. The largest absolute Gasteiger partial charge is 0.314 e. The van der Waals surface area contributed by atoms with Gasteiger partial charge < -0.3 is 10.2 Å². The van der Waals surface area contributed by atoms with Crippen LogP contribution >= 0.6 is 15.9 Å². The summed E-state index contributed by atoms with van der Waals surface area (Å²) in [5.41, 5.74) is 1.76. The van der Waals surface area contributed by atoms with Crippen LogP contribution in [0.5, 0.6) is 0 Å². The van der Waals surface area contributed by atoms with E-state index in [1.807, 2.05) is 0 Å². The monoisotopic (exact) mass is 310 g/mol. The maximum absolute atomic E-state index is 3.64. The summed E-state index contributed by atoms with van der Waals surface area (Å²) < 4.78 is 1.24. The first-order valence-electron chi connectivity index (χ1n) is 6.76. The predicted octanol–water partition coefficient (Wildman–Crippen LogP) is 3.07. The van der Waals surface area contributed by atoms with Crippen LogP contribution in [0.15, 0.2) is 28.7 Å². The van der Waals surface area contributed by atoms with Gasteiger partial charge in [-0.05, 0) is 64.5 Å². The van der Waals surface area contributed by atoms with Crippen LogP contribution in [0, 0.1) is 0 Å². The Bertz CT molecular complexity index is 384. The van der Waals surface area contributed by atoms with E-state index >= 15 is 0 Å². The lowest BCUT2D eigenvalue weighted by molar-refractivity contribution is 0.156. The van der Waals surface area contributed by atoms with Crippen LogP contribution in [-0.2, 0) is 6.42 Å². The van der Waals surface area contributed by atoms with Gasteiger partial charge in [0.15, 0.2) is 0 Å². The molecule has 0 radical (unpaired) electrons. The molecule has 0 amide bonds. The van der Waals surface area contributed by atoms with E-state index in [0.717, 1.165) is 6.42 Å². The number of nitrogens with zero attached hydrogens (tertiary/aromatic N) is 1. The van der Waals surface area contributed by atoms with E-state index in [9.17, 15) is 0 Å². The van der Waals surface area contributed by atoms with E-state index in [2.05, 4.69) is 64.5 Å². The Morgan fingerprint density at radius 1 is 1.28 bits per heavy atom. The van der Waals surface area contributed by atoms with Crippen LogP contribution in [0.2, 0.25) is 0 Å². The number of halogens is 1. The van der Waals surface area contributed by atoms with Gasteiger partial charge in [-0.15, -0.1) is 0 Å². The zero-order valence-corrected chi connectivity index (χ0v) is 13.0. The van der Waals surface area contributed by atoms with Gasteiger partial charge in [0.1, 0.15) is 0 Å². The van der Waals surface area contributed by atoms with Gasteiger partial charge in [-0.2, -0.15) is 0 Å². The first-order valence-corrected chi connectivity index (χ1v) is 7.55. The summed E-state index contributed by atoms with van der Waals surface area (Å²) in [5, 5.41) is 3.59. The average Bonchev–Trinajstić information content (AvgIpc) is 2.40. The second-order valence-corrected chi connectivity index (χ2v) is 6.28. The fourth-order valence-corrected chi connectivity index (χ4v) is 3.23. The molecule has 1 aromatic rings. The van der Waals surface area contributed by atoms with Crippen LogP contribution in [-0.4, -0.2) is 37.6 Å². The molecule has 1 aliphatic rings. The van der Waals surface area contributed by atoms with Gasteiger partial charge in [0, 0.05) is 10.0 Å². The van der Waals surface area contributed by atoms with Crippen molar-refractivity contribution in [3.63, 3.8) is 0 Å². The zero-order valence-electron chi connectivity index (χ0n) is 11.4. The van der Waals surface area contributed by atoms with E-state index in [-0.39, 0.29) is 0 Å². The predicted molar refractivity (Wildman–Crippen MR) is 81.0 cm³/mol. The van der Waals surface area contributed by atoms with E-state index in [1.54, 1.807) is 0 Å². The van der Waals surface area contributed by atoms with Gasteiger partial charge in [-0.25, -0.2) is 0 Å². The molecule has 1 aromatic carbocycles. The molecule has 0 unspecified atom stereocenters. The molecule has 100 valence electrons. The molecule has 0 aliphatic carbocycles. The highest BCUT2D eigenvalue weighted by molar-refractivity contribution is 9.10. The molecular formula is C15H23BrN2. The summed E-state index contributed by atoms with van der Waals surface area (Å²) in [6, 6.07) is 8.57. The first kappa shape index (κ1) is 14.0. The number of piperidine rings is 1. The molecule has 0 saturated carbocycles. The summed E-state index contributed by atoms with van der Waals surface area (Å²) >= 11 is 3.64. The molecule has 2 nitrogen and oxygen atoms in total. The Morgan fingerprint density at radius 2 is 1.94 bits per heavy atom. The zero-order chi connectivity index (χ0) is 13.0. The van der Waals surface area contributed by atoms with Crippen molar-refractivity contribution in [2.24, 2.45) is 0 Å². The molecule has 0 spiro atoms. The third-order valence-electron chi connectivity index (χ3n) is 4.31. The van der Waals surface area contributed by atoms with Crippen molar-refractivity contribution in [2.45, 2.75) is 31.2 Å². The van der Waals surface area contributed by atoms with Crippen molar-refractivity contribution in [3.8, 4) is 0 Å². The molecule has 18 heavy (non-hydrogen) atoms. The summed E-state index contributed by atoms with van der Waals surface area (Å²) in [6.45, 7) is 2.41. The van der Waals surface area contributed by atoms with E-state index in [1.165, 1.54) is 42.4 Å². The molecule has 3 heteroatoms.